The van der Waals surface area contributed by atoms with Crippen LogP contribution in [0.25, 0.3) is 0 Å². The Kier molecular flexibility index (Phi) is 3.99. The van der Waals surface area contributed by atoms with Crippen LogP contribution in [0.5, 0.6) is 11.5 Å². The predicted octanol–water partition coefficient (Wildman–Crippen LogP) is 2.49. The summed E-state index contributed by atoms with van der Waals surface area (Å²) in [7, 11) is 1.47. The monoisotopic (exact) mass is 265 g/mol. The third-order valence-corrected chi connectivity index (χ3v) is 3.09. The number of carbonyl (C=O) groups is 1. The molecular formula is C13H15NO5. The minimum absolute atomic E-state index is 0.0575. The standard InChI is InChI=1S/C13H15NO5/c1-18-12-6-5-9(14(16)17)7-13(12)19-11-4-2-3-10(15)8-11/h5-7,11H,2-4,8H2,1H3. The molecule has 1 atom stereocenters. The Bertz CT molecular complexity index is 500. The maximum absolute atomic E-state index is 11.4. The zero-order valence-electron chi connectivity index (χ0n) is 10.6. The van der Waals surface area contributed by atoms with Crippen molar-refractivity contribution in [1.29, 1.82) is 0 Å². The number of nitro groups is 1. The summed E-state index contributed by atoms with van der Waals surface area (Å²) in [6.07, 6.45) is 2.29. The Hall–Kier alpha value is -2.11. The van der Waals surface area contributed by atoms with E-state index in [0.29, 0.717) is 24.3 Å². The van der Waals surface area contributed by atoms with Gasteiger partial charge in [0.25, 0.3) is 5.69 Å². The number of carbonyl (C=O) groups excluding carboxylic acids is 1. The second kappa shape index (κ2) is 5.69. The fourth-order valence-electron chi connectivity index (χ4n) is 2.14. The van der Waals surface area contributed by atoms with Crippen LogP contribution in [0.15, 0.2) is 18.2 Å². The van der Waals surface area contributed by atoms with Gasteiger partial charge in [-0.1, -0.05) is 0 Å². The van der Waals surface area contributed by atoms with Gasteiger partial charge in [-0.15, -0.1) is 0 Å². The van der Waals surface area contributed by atoms with Gasteiger partial charge in [0.15, 0.2) is 11.5 Å². The number of hydrogen-bond acceptors (Lipinski definition) is 5. The predicted molar refractivity (Wildman–Crippen MR) is 67.5 cm³/mol. The largest absolute Gasteiger partial charge is 0.493 e. The SMILES string of the molecule is COc1ccc([N+](=O)[O-])cc1OC1CCCC(=O)C1. The molecule has 2 rings (SSSR count). The molecule has 102 valence electrons. The van der Waals surface area contributed by atoms with Crippen molar-refractivity contribution in [3.8, 4) is 11.5 Å². The number of methoxy groups -OCH3 is 1. The normalized spacial score (nSPS) is 19.0. The highest BCUT2D eigenvalue weighted by atomic mass is 16.6. The Labute approximate surface area is 110 Å². The number of hydrogen-bond donors (Lipinski definition) is 0. The maximum Gasteiger partial charge on any atom is 0.273 e. The maximum atomic E-state index is 11.4. The highest BCUT2D eigenvalue weighted by Gasteiger charge is 2.23. The summed E-state index contributed by atoms with van der Waals surface area (Å²) in [5.74, 6) is 0.917. The van der Waals surface area contributed by atoms with Gasteiger partial charge in [0.05, 0.1) is 18.1 Å². The summed E-state index contributed by atoms with van der Waals surface area (Å²) in [5.41, 5.74) is -0.0575. The number of benzene rings is 1. The first-order chi connectivity index (χ1) is 9.10. The van der Waals surface area contributed by atoms with Crippen LogP contribution in [0.4, 0.5) is 5.69 Å². The molecule has 1 aromatic carbocycles. The molecule has 6 heteroatoms. The number of nitrogens with zero attached hydrogens (tertiary/aromatic N) is 1. The van der Waals surface area contributed by atoms with Crippen molar-refractivity contribution in [1.82, 2.24) is 0 Å². The van der Waals surface area contributed by atoms with E-state index in [0.717, 1.165) is 12.8 Å². The number of nitro benzene ring substituents is 1. The van der Waals surface area contributed by atoms with Crippen LogP contribution < -0.4 is 9.47 Å². The van der Waals surface area contributed by atoms with Crippen molar-refractivity contribution >= 4 is 11.5 Å². The van der Waals surface area contributed by atoms with E-state index in [9.17, 15) is 14.9 Å². The Morgan fingerprint density at radius 1 is 1.37 bits per heavy atom. The number of rotatable bonds is 4. The number of Topliss-reactive ketones (excluding diaryl/α,β-unsaturated/α-hetero) is 1. The molecular weight excluding hydrogens is 250 g/mol. The molecule has 0 amide bonds. The Morgan fingerprint density at radius 2 is 2.16 bits per heavy atom. The first kappa shape index (κ1) is 13.3. The third-order valence-electron chi connectivity index (χ3n) is 3.09. The van der Waals surface area contributed by atoms with Gasteiger partial charge in [-0.25, -0.2) is 0 Å². The van der Waals surface area contributed by atoms with Crippen LogP contribution in [0.1, 0.15) is 25.7 Å². The Balaban J connectivity index is 2.19. The highest BCUT2D eigenvalue weighted by Crippen LogP contribution is 2.33. The summed E-state index contributed by atoms with van der Waals surface area (Å²) in [4.78, 5) is 21.6. The fraction of sp³-hybridized carbons (Fsp3) is 0.462. The molecule has 1 unspecified atom stereocenters. The zero-order chi connectivity index (χ0) is 13.8. The fourth-order valence-corrected chi connectivity index (χ4v) is 2.14. The van der Waals surface area contributed by atoms with Gasteiger partial charge in [0, 0.05) is 18.9 Å². The molecule has 0 heterocycles. The van der Waals surface area contributed by atoms with Gasteiger partial charge in [-0.2, -0.15) is 0 Å². The van der Waals surface area contributed by atoms with E-state index in [2.05, 4.69) is 0 Å². The van der Waals surface area contributed by atoms with Gasteiger partial charge < -0.3 is 9.47 Å². The molecule has 19 heavy (non-hydrogen) atoms. The van der Waals surface area contributed by atoms with E-state index in [4.69, 9.17) is 9.47 Å². The van der Waals surface area contributed by atoms with E-state index >= 15 is 0 Å². The third kappa shape index (κ3) is 3.21. The van der Waals surface area contributed by atoms with Crippen LogP contribution in [0.2, 0.25) is 0 Å². The van der Waals surface area contributed by atoms with Crippen molar-refractivity contribution in [2.75, 3.05) is 7.11 Å². The minimum Gasteiger partial charge on any atom is -0.493 e. The molecule has 1 aliphatic rings. The van der Waals surface area contributed by atoms with E-state index < -0.39 is 4.92 Å². The summed E-state index contributed by atoms with van der Waals surface area (Å²) in [6.45, 7) is 0. The van der Waals surface area contributed by atoms with Crippen molar-refractivity contribution in [3.63, 3.8) is 0 Å². The molecule has 0 N–H and O–H groups in total. The number of ketones is 1. The van der Waals surface area contributed by atoms with Crippen LogP contribution in [-0.4, -0.2) is 23.9 Å². The second-order valence-corrected chi connectivity index (χ2v) is 4.47. The molecule has 0 radical (unpaired) electrons. The van der Waals surface area contributed by atoms with E-state index in [1.165, 1.54) is 25.3 Å². The molecule has 1 aliphatic carbocycles. The molecule has 1 saturated carbocycles. The summed E-state index contributed by atoms with van der Waals surface area (Å²) in [6, 6.07) is 4.19. The number of ether oxygens (including phenoxy) is 2. The van der Waals surface area contributed by atoms with Crippen LogP contribution >= 0.6 is 0 Å². The van der Waals surface area contributed by atoms with Crippen LogP contribution in [0, 0.1) is 10.1 Å². The summed E-state index contributed by atoms with van der Waals surface area (Å²) < 4.78 is 10.8. The molecule has 1 fully saturated rings. The van der Waals surface area contributed by atoms with E-state index in [-0.39, 0.29) is 17.6 Å². The van der Waals surface area contributed by atoms with Gasteiger partial charge in [-0.3, -0.25) is 14.9 Å². The average Bonchev–Trinajstić information content (AvgIpc) is 2.38. The molecule has 0 aromatic heterocycles. The molecule has 0 bridgehead atoms. The number of non-ortho nitro benzene ring substituents is 1. The first-order valence-electron chi connectivity index (χ1n) is 6.11. The van der Waals surface area contributed by atoms with Gasteiger partial charge in [0.2, 0.25) is 0 Å². The van der Waals surface area contributed by atoms with Crippen molar-refractivity contribution < 1.29 is 19.2 Å². The lowest BCUT2D eigenvalue weighted by molar-refractivity contribution is -0.385. The first-order valence-corrected chi connectivity index (χ1v) is 6.11. The molecule has 6 nitrogen and oxygen atoms in total. The van der Waals surface area contributed by atoms with E-state index in [1.54, 1.807) is 0 Å². The summed E-state index contributed by atoms with van der Waals surface area (Å²) >= 11 is 0. The molecule has 1 aromatic rings. The highest BCUT2D eigenvalue weighted by molar-refractivity contribution is 5.79. The topological polar surface area (TPSA) is 78.7 Å². The summed E-state index contributed by atoms with van der Waals surface area (Å²) in [5, 5.41) is 10.8. The van der Waals surface area contributed by atoms with Crippen molar-refractivity contribution in [2.45, 2.75) is 31.8 Å². The smallest absolute Gasteiger partial charge is 0.273 e. The van der Waals surface area contributed by atoms with Crippen LogP contribution in [0.3, 0.4) is 0 Å². The molecule has 0 aliphatic heterocycles. The van der Waals surface area contributed by atoms with Crippen molar-refractivity contribution in [2.24, 2.45) is 0 Å². The Morgan fingerprint density at radius 3 is 2.79 bits per heavy atom. The average molecular weight is 265 g/mol. The lowest BCUT2D eigenvalue weighted by atomic mass is 9.96. The van der Waals surface area contributed by atoms with Crippen LogP contribution in [-0.2, 0) is 4.79 Å². The van der Waals surface area contributed by atoms with Crippen molar-refractivity contribution in [3.05, 3.63) is 28.3 Å². The second-order valence-electron chi connectivity index (χ2n) is 4.47. The van der Waals surface area contributed by atoms with Gasteiger partial charge in [-0.05, 0) is 18.9 Å². The van der Waals surface area contributed by atoms with Gasteiger partial charge in [0.1, 0.15) is 11.9 Å². The lowest BCUT2D eigenvalue weighted by Gasteiger charge is -2.23. The zero-order valence-corrected chi connectivity index (χ0v) is 10.6. The van der Waals surface area contributed by atoms with E-state index in [1.807, 2.05) is 0 Å². The quantitative estimate of drug-likeness (QED) is 0.617. The molecule has 0 spiro atoms. The lowest BCUT2D eigenvalue weighted by Crippen LogP contribution is -2.25. The molecule has 0 saturated heterocycles. The van der Waals surface area contributed by atoms with Gasteiger partial charge >= 0.3 is 0 Å². The minimum atomic E-state index is -0.488.